The van der Waals surface area contributed by atoms with Crippen molar-refractivity contribution in [3.8, 4) is 0 Å². The predicted octanol–water partition coefficient (Wildman–Crippen LogP) is 1.44. The zero-order chi connectivity index (χ0) is 9.68. The Morgan fingerprint density at radius 2 is 2.38 bits per heavy atom. The van der Waals surface area contributed by atoms with Gasteiger partial charge in [0.25, 0.3) is 0 Å². The van der Waals surface area contributed by atoms with Gasteiger partial charge in [0.1, 0.15) is 0 Å². The van der Waals surface area contributed by atoms with E-state index in [0.717, 1.165) is 19.6 Å². The summed E-state index contributed by atoms with van der Waals surface area (Å²) in [6, 6.07) is 1.93. The smallest absolute Gasteiger partial charge is 0.0536 e. The minimum absolute atomic E-state index is 0.211. The van der Waals surface area contributed by atoms with Gasteiger partial charge in [-0.3, -0.25) is 4.68 Å². The van der Waals surface area contributed by atoms with Gasteiger partial charge in [0.15, 0.2) is 0 Å². The summed E-state index contributed by atoms with van der Waals surface area (Å²) in [5.74, 6) is 0. The van der Waals surface area contributed by atoms with Gasteiger partial charge in [-0.2, -0.15) is 5.10 Å². The fourth-order valence-corrected chi connectivity index (χ4v) is 1.46. The van der Waals surface area contributed by atoms with Crippen LogP contribution in [0.1, 0.15) is 6.92 Å². The van der Waals surface area contributed by atoms with E-state index in [1.165, 1.54) is 0 Å². The maximum Gasteiger partial charge on any atom is 0.0536 e. The number of hydrogen-bond acceptors (Lipinski definition) is 2. The van der Waals surface area contributed by atoms with Gasteiger partial charge < -0.3 is 4.90 Å². The third-order valence-corrected chi connectivity index (χ3v) is 1.97. The van der Waals surface area contributed by atoms with Crippen LogP contribution in [0.4, 0.5) is 0 Å². The Balaban J connectivity index is 2.19. The van der Waals surface area contributed by atoms with Crippen molar-refractivity contribution in [2.24, 2.45) is 0 Å². The first-order valence-corrected chi connectivity index (χ1v) is 4.92. The number of aromatic nitrogens is 2. The van der Waals surface area contributed by atoms with Crippen LogP contribution in [0.3, 0.4) is 0 Å². The van der Waals surface area contributed by atoms with Crippen LogP contribution in [0.15, 0.2) is 18.5 Å². The van der Waals surface area contributed by atoms with Gasteiger partial charge >= 0.3 is 0 Å². The van der Waals surface area contributed by atoms with Crippen LogP contribution in [-0.2, 0) is 6.54 Å². The number of halogens is 1. The standard InChI is InChI=1S/C9H16ClN3/c1-9(10)8-12(2)6-7-13-5-3-4-11-13/h3-5,9H,6-8H2,1-2H3. The van der Waals surface area contributed by atoms with Crippen molar-refractivity contribution in [2.75, 3.05) is 20.1 Å². The predicted molar refractivity (Wildman–Crippen MR) is 55.0 cm³/mol. The molecule has 1 atom stereocenters. The van der Waals surface area contributed by atoms with Crippen molar-refractivity contribution in [3.05, 3.63) is 18.5 Å². The molecule has 1 unspecified atom stereocenters. The van der Waals surface area contributed by atoms with Crippen molar-refractivity contribution in [1.82, 2.24) is 14.7 Å². The summed E-state index contributed by atoms with van der Waals surface area (Å²) in [4.78, 5) is 2.21. The van der Waals surface area contributed by atoms with Crippen LogP contribution in [0.25, 0.3) is 0 Å². The lowest BCUT2D eigenvalue weighted by Crippen LogP contribution is -2.28. The van der Waals surface area contributed by atoms with Crippen LogP contribution in [0, 0.1) is 0 Å². The number of hydrogen-bond donors (Lipinski definition) is 0. The minimum Gasteiger partial charge on any atom is -0.303 e. The topological polar surface area (TPSA) is 21.1 Å². The van der Waals surface area contributed by atoms with Gasteiger partial charge in [-0.25, -0.2) is 0 Å². The van der Waals surface area contributed by atoms with Crippen LogP contribution in [0.5, 0.6) is 0 Å². The van der Waals surface area contributed by atoms with Crippen LogP contribution in [-0.4, -0.2) is 40.2 Å². The number of alkyl halides is 1. The maximum atomic E-state index is 5.87. The van der Waals surface area contributed by atoms with E-state index in [1.807, 2.05) is 23.9 Å². The molecule has 4 heteroatoms. The average Bonchev–Trinajstić information content (AvgIpc) is 2.51. The fourth-order valence-electron chi connectivity index (χ4n) is 1.23. The molecule has 13 heavy (non-hydrogen) atoms. The third-order valence-electron chi connectivity index (χ3n) is 1.83. The summed E-state index contributed by atoms with van der Waals surface area (Å²) < 4.78 is 1.93. The highest BCUT2D eigenvalue weighted by atomic mass is 35.5. The highest BCUT2D eigenvalue weighted by molar-refractivity contribution is 6.20. The second-order valence-electron chi connectivity index (χ2n) is 3.31. The van der Waals surface area contributed by atoms with Gasteiger partial charge in [0.05, 0.1) is 6.54 Å². The quantitative estimate of drug-likeness (QED) is 0.673. The molecular formula is C9H16ClN3. The van der Waals surface area contributed by atoms with Gasteiger partial charge in [0, 0.05) is 30.9 Å². The maximum absolute atomic E-state index is 5.87. The average molecular weight is 202 g/mol. The van der Waals surface area contributed by atoms with Crippen molar-refractivity contribution in [2.45, 2.75) is 18.8 Å². The summed E-state index contributed by atoms with van der Waals surface area (Å²) in [6.45, 7) is 4.83. The van der Waals surface area contributed by atoms with E-state index in [1.54, 1.807) is 6.20 Å². The first-order valence-electron chi connectivity index (χ1n) is 4.48. The normalized spacial score (nSPS) is 13.5. The van der Waals surface area contributed by atoms with Crippen molar-refractivity contribution in [3.63, 3.8) is 0 Å². The number of nitrogens with zero attached hydrogens (tertiary/aromatic N) is 3. The molecule has 0 N–H and O–H groups in total. The largest absolute Gasteiger partial charge is 0.303 e. The summed E-state index contributed by atoms with van der Waals surface area (Å²) >= 11 is 5.87. The molecule has 0 aliphatic rings. The molecule has 0 radical (unpaired) electrons. The van der Waals surface area contributed by atoms with Gasteiger partial charge in [-0.15, -0.1) is 11.6 Å². The lowest BCUT2D eigenvalue weighted by Gasteiger charge is -2.17. The van der Waals surface area contributed by atoms with E-state index in [2.05, 4.69) is 17.0 Å². The SMILES string of the molecule is CC(Cl)CN(C)CCn1cccn1. The zero-order valence-electron chi connectivity index (χ0n) is 8.15. The molecule has 0 fully saturated rings. The molecule has 0 amide bonds. The van der Waals surface area contributed by atoms with Crippen LogP contribution >= 0.6 is 11.6 Å². The Bertz CT molecular complexity index is 221. The summed E-state index contributed by atoms with van der Waals surface area (Å²) in [5.41, 5.74) is 0. The highest BCUT2D eigenvalue weighted by Gasteiger charge is 2.02. The van der Waals surface area contributed by atoms with Crippen LogP contribution < -0.4 is 0 Å². The Morgan fingerprint density at radius 3 is 2.92 bits per heavy atom. The van der Waals surface area contributed by atoms with E-state index in [-0.39, 0.29) is 5.38 Å². The molecule has 1 rings (SSSR count). The minimum atomic E-state index is 0.211. The first kappa shape index (κ1) is 10.5. The molecule has 74 valence electrons. The number of likely N-dealkylation sites (N-methyl/N-ethyl adjacent to an activating group) is 1. The Labute approximate surface area is 84.3 Å². The second-order valence-corrected chi connectivity index (χ2v) is 4.06. The first-order chi connectivity index (χ1) is 6.18. The molecule has 1 aromatic heterocycles. The highest BCUT2D eigenvalue weighted by Crippen LogP contribution is 1.96. The van der Waals surface area contributed by atoms with E-state index in [4.69, 9.17) is 11.6 Å². The molecule has 1 heterocycles. The van der Waals surface area contributed by atoms with Gasteiger partial charge in [-0.05, 0) is 20.0 Å². The van der Waals surface area contributed by atoms with Crippen molar-refractivity contribution in [1.29, 1.82) is 0 Å². The Hall–Kier alpha value is -0.540. The fraction of sp³-hybridized carbons (Fsp3) is 0.667. The van der Waals surface area contributed by atoms with Gasteiger partial charge in [-0.1, -0.05) is 0 Å². The van der Waals surface area contributed by atoms with E-state index < -0.39 is 0 Å². The molecule has 3 nitrogen and oxygen atoms in total. The molecule has 0 aliphatic heterocycles. The molecule has 0 bridgehead atoms. The summed E-state index contributed by atoms with van der Waals surface area (Å²) in [7, 11) is 2.07. The monoisotopic (exact) mass is 201 g/mol. The zero-order valence-corrected chi connectivity index (χ0v) is 8.91. The number of rotatable bonds is 5. The van der Waals surface area contributed by atoms with Gasteiger partial charge in [0.2, 0.25) is 0 Å². The lowest BCUT2D eigenvalue weighted by atomic mass is 10.4. The molecule has 1 aromatic rings. The van der Waals surface area contributed by atoms with E-state index in [9.17, 15) is 0 Å². The Morgan fingerprint density at radius 1 is 1.62 bits per heavy atom. The summed E-state index contributed by atoms with van der Waals surface area (Å²) in [5, 5.41) is 4.34. The molecule has 0 aromatic carbocycles. The van der Waals surface area contributed by atoms with E-state index in [0.29, 0.717) is 0 Å². The second kappa shape index (κ2) is 5.25. The molecule has 0 saturated carbocycles. The molecule has 0 saturated heterocycles. The molecule has 0 spiro atoms. The lowest BCUT2D eigenvalue weighted by molar-refractivity contribution is 0.315. The van der Waals surface area contributed by atoms with E-state index >= 15 is 0 Å². The molecule has 0 aliphatic carbocycles. The van der Waals surface area contributed by atoms with Crippen LogP contribution in [0.2, 0.25) is 0 Å². The third kappa shape index (κ3) is 4.29. The van der Waals surface area contributed by atoms with Crippen molar-refractivity contribution < 1.29 is 0 Å². The molecular weight excluding hydrogens is 186 g/mol. The summed E-state index contributed by atoms with van der Waals surface area (Å²) in [6.07, 6.45) is 3.77. The van der Waals surface area contributed by atoms with Crippen molar-refractivity contribution >= 4 is 11.6 Å². The Kier molecular flexibility index (Phi) is 4.25.